The molecule has 9 heteroatoms. The molecule has 0 spiro atoms. The van der Waals surface area contributed by atoms with Crippen LogP contribution in [0.1, 0.15) is 0 Å². The van der Waals surface area contributed by atoms with Crippen molar-refractivity contribution in [3.63, 3.8) is 0 Å². The van der Waals surface area contributed by atoms with Crippen molar-refractivity contribution in [1.82, 2.24) is 21.7 Å². The molecule has 20 heavy (non-hydrogen) atoms. The number of benzene rings is 1. The quantitative estimate of drug-likeness (QED) is 0.260. The summed E-state index contributed by atoms with van der Waals surface area (Å²) in [5.41, 5.74) is 9.04. The first-order valence-electron chi connectivity index (χ1n) is 6.16. The largest absolute Gasteiger partial charge is 0.383 e. The van der Waals surface area contributed by atoms with Crippen LogP contribution >= 0.6 is 0 Å². The summed E-state index contributed by atoms with van der Waals surface area (Å²) in [6.07, 6.45) is 0. The third-order valence-electron chi connectivity index (χ3n) is 2.79. The smallest absolute Gasteiger partial charge is 0.269 e. The van der Waals surface area contributed by atoms with E-state index in [0.29, 0.717) is 19.6 Å². The summed E-state index contributed by atoms with van der Waals surface area (Å²) in [6.45, 7) is 1.53. The number of carbonyl (C=O) groups is 1. The fourth-order valence-corrected chi connectivity index (χ4v) is 1.72. The maximum atomic E-state index is 11.6. The van der Waals surface area contributed by atoms with Gasteiger partial charge in [-0.1, -0.05) is 0 Å². The summed E-state index contributed by atoms with van der Waals surface area (Å²) < 4.78 is 0. The third kappa shape index (κ3) is 3.88. The lowest BCUT2D eigenvalue weighted by molar-refractivity contribution is -0.384. The van der Waals surface area contributed by atoms with Crippen LogP contribution in [0.4, 0.5) is 11.4 Å². The van der Waals surface area contributed by atoms with Gasteiger partial charge in [-0.05, 0) is 12.1 Å². The second-order valence-corrected chi connectivity index (χ2v) is 4.22. The molecule has 9 nitrogen and oxygen atoms in total. The molecule has 0 aromatic heterocycles. The topological polar surface area (TPSA) is 120 Å². The predicted molar refractivity (Wildman–Crippen MR) is 72.7 cm³/mol. The fourth-order valence-electron chi connectivity index (χ4n) is 1.72. The van der Waals surface area contributed by atoms with Crippen LogP contribution in [0.3, 0.4) is 0 Å². The minimum absolute atomic E-state index is 0.0520. The molecule has 1 amide bonds. The summed E-state index contributed by atoms with van der Waals surface area (Å²) in [6, 6.07) is 5.84. The Hall–Kier alpha value is -2.23. The third-order valence-corrected chi connectivity index (χ3v) is 2.79. The summed E-state index contributed by atoms with van der Waals surface area (Å²) in [5.74, 6) is -0.0898. The minimum Gasteiger partial charge on any atom is -0.383 e. The van der Waals surface area contributed by atoms with Crippen molar-refractivity contribution in [3.05, 3.63) is 34.4 Å². The molecule has 1 atom stereocenters. The Bertz CT molecular complexity index is 472. The van der Waals surface area contributed by atoms with Crippen molar-refractivity contribution in [2.24, 2.45) is 0 Å². The number of hydrazine groups is 2. The van der Waals surface area contributed by atoms with Crippen LogP contribution in [0.25, 0.3) is 0 Å². The van der Waals surface area contributed by atoms with Gasteiger partial charge in [-0.2, -0.15) is 5.53 Å². The number of amides is 1. The highest BCUT2D eigenvalue weighted by Crippen LogP contribution is 2.14. The van der Waals surface area contributed by atoms with Gasteiger partial charge in [-0.3, -0.25) is 14.9 Å². The van der Waals surface area contributed by atoms with E-state index in [4.69, 9.17) is 0 Å². The van der Waals surface area contributed by atoms with E-state index in [1.54, 1.807) is 12.1 Å². The molecule has 2 rings (SSSR count). The van der Waals surface area contributed by atoms with Gasteiger partial charge in [0, 0.05) is 37.5 Å². The lowest BCUT2D eigenvalue weighted by atomic mass is 10.3. The van der Waals surface area contributed by atoms with Crippen molar-refractivity contribution < 1.29 is 9.72 Å². The summed E-state index contributed by atoms with van der Waals surface area (Å²) in [5, 5.41) is 16.3. The Morgan fingerprint density at radius 2 is 2.10 bits per heavy atom. The first kappa shape index (κ1) is 14.2. The first-order valence-corrected chi connectivity index (χ1v) is 6.16. The van der Waals surface area contributed by atoms with Gasteiger partial charge in [0.15, 0.2) is 0 Å². The molecule has 1 aromatic rings. The molecule has 0 radical (unpaired) electrons. The zero-order chi connectivity index (χ0) is 14.4. The summed E-state index contributed by atoms with van der Waals surface area (Å²) in [7, 11) is 0. The van der Waals surface area contributed by atoms with E-state index in [1.165, 1.54) is 12.1 Å². The Morgan fingerprint density at radius 3 is 2.70 bits per heavy atom. The van der Waals surface area contributed by atoms with E-state index in [1.807, 2.05) is 0 Å². The standard InChI is InChI=1S/C11H16N6O3/c18-11(10-7-14-16-15-10)13-6-5-12-8-1-3-9(4-2-8)17(19)20/h1-4,10,12,14-16H,5-7H2,(H,13,18). The van der Waals surface area contributed by atoms with Gasteiger partial charge in [0.2, 0.25) is 5.91 Å². The predicted octanol–water partition coefficient (Wildman–Crippen LogP) is -0.896. The molecule has 0 bridgehead atoms. The molecule has 1 unspecified atom stereocenters. The van der Waals surface area contributed by atoms with Crippen LogP contribution in [-0.2, 0) is 4.79 Å². The normalized spacial score (nSPS) is 17.7. The van der Waals surface area contributed by atoms with Gasteiger partial charge in [0.1, 0.15) is 6.04 Å². The number of carbonyl (C=O) groups excluding carboxylic acids is 1. The highest BCUT2D eigenvalue weighted by Gasteiger charge is 2.20. The zero-order valence-corrected chi connectivity index (χ0v) is 10.7. The van der Waals surface area contributed by atoms with E-state index in [-0.39, 0.29) is 17.6 Å². The average Bonchev–Trinajstić information content (AvgIpc) is 2.98. The van der Waals surface area contributed by atoms with E-state index in [9.17, 15) is 14.9 Å². The second-order valence-electron chi connectivity index (χ2n) is 4.22. The Morgan fingerprint density at radius 1 is 1.35 bits per heavy atom. The van der Waals surface area contributed by atoms with Gasteiger partial charge in [0.05, 0.1) is 4.92 Å². The minimum atomic E-state index is -0.444. The lowest BCUT2D eigenvalue weighted by Gasteiger charge is -2.10. The maximum Gasteiger partial charge on any atom is 0.269 e. The zero-order valence-electron chi connectivity index (χ0n) is 10.7. The number of non-ortho nitro benzene ring substituents is 1. The maximum absolute atomic E-state index is 11.6. The first-order chi connectivity index (χ1) is 9.66. The van der Waals surface area contributed by atoms with Crippen LogP contribution in [0.15, 0.2) is 24.3 Å². The van der Waals surface area contributed by atoms with Gasteiger partial charge in [-0.25, -0.2) is 10.9 Å². The van der Waals surface area contributed by atoms with Gasteiger partial charge in [0.25, 0.3) is 5.69 Å². The number of nitro benzene ring substituents is 1. The summed E-state index contributed by atoms with van der Waals surface area (Å²) in [4.78, 5) is 21.7. The van der Waals surface area contributed by atoms with Gasteiger partial charge < -0.3 is 10.6 Å². The number of rotatable bonds is 6. The van der Waals surface area contributed by atoms with Crippen molar-refractivity contribution in [3.8, 4) is 0 Å². The number of nitrogens with one attached hydrogen (secondary N) is 5. The van der Waals surface area contributed by atoms with Crippen LogP contribution in [0.5, 0.6) is 0 Å². The van der Waals surface area contributed by atoms with E-state index in [2.05, 4.69) is 27.0 Å². The number of anilines is 1. The average molecular weight is 280 g/mol. The molecule has 108 valence electrons. The molecule has 1 heterocycles. The van der Waals surface area contributed by atoms with E-state index >= 15 is 0 Å². The molecule has 1 aliphatic rings. The lowest BCUT2D eigenvalue weighted by Crippen LogP contribution is -2.45. The van der Waals surface area contributed by atoms with Gasteiger partial charge >= 0.3 is 0 Å². The Labute approximate surface area is 115 Å². The highest BCUT2D eigenvalue weighted by molar-refractivity contribution is 5.82. The Kier molecular flexibility index (Phi) is 4.82. The molecule has 0 aliphatic carbocycles. The fraction of sp³-hybridized carbons (Fsp3) is 0.364. The molecule has 1 saturated heterocycles. The van der Waals surface area contributed by atoms with Crippen molar-refractivity contribution in [2.75, 3.05) is 25.0 Å². The number of hydrogen-bond acceptors (Lipinski definition) is 7. The monoisotopic (exact) mass is 280 g/mol. The molecular formula is C11H16N6O3. The van der Waals surface area contributed by atoms with Crippen molar-refractivity contribution >= 4 is 17.3 Å². The van der Waals surface area contributed by atoms with Crippen LogP contribution < -0.4 is 27.0 Å². The van der Waals surface area contributed by atoms with Crippen LogP contribution in [0.2, 0.25) is 0 Å². The number of hydrogen-bond donors (Lipinski definition) is 5. The molecule has 1 aromatic carbocycles. The van der Waals surface area contributed by atoms with Crippen LogP contribution in [-0.4, -0.2) is 36.5 Å². The molecule has 1 fully saturated rings. The molecule has 5 N–H and O–H groups in total. The van der Waals surface area contributed by atoms with Crippen molar-refractivity contribution in [2.45, 2.75) is 6.04 Å². The number of nitrogens with zero attached hydrogens (tertiary/aromatic N) is 1. The van der Waals surface area contributed by atoms with Gasteiger partial charge in [-0.15, -0.1) is 0 Å². The highest BCUT2D eigenvalue weighted by atomic mass is 16.6. The van der Waals surface area contributed by atoms with E-state index in [0.717, 1.165) is 5.69 Å². The van der Waals surface area contributed by atoms with Crippen molar-refractivity contribution in [1.29, 1.82) is 0 Å². The molecule has 0 saturated carbocycles. The van der Waals surface area contributed by atoms with Crippen LogP contribution in [0, 0.1) is 10.1 Å². The molecular weight excluding hydrogens is 264 g/mol. The number of nitro groups is 1. The van der Waals surface area contributed by atoms with E-state index < -0.39 is 4.92 Å². The molecule has 1 aliphatic heterocycles. The second kappa shape index (κ2) is 6.80. The summed E-state index contributed by atoms with van der Waals surface area (Å²) >= 11 is 0. The SMILES string of the molecule is O=C(NCCNc1ccc([N+](=O)[O-])cc1)C1CNNN1. The Balaban J connectivity index is 1.67.